The van der Waals surface area contributed by atoms with Crippen LogP contribution in [0.25, 0.3) is 0 Å². The number of carbonyl (C=O) groups excluding carboxylic acids is 3. The molecular formula is C59H100O6. The molecule has 0 saturated heterocycles. The Morgan fingerprint density at radius 1 is 0.308 bits per heavy atom. The van der Waals surface area contributed by atoms with Crippen LogP contribution in [0.4, 0.5) is 0 Å². The van der Waals surface area contributed by atoms with Gasteiger partial charge in [0.2, 0.25) is 0 Å². The second kappa shape index (κ2) is 53.2. The molecule has 0 rings (SSSR count). The molecule has 0 aromatic carbocycles. The van der Waals surface area contributed by atoms with Crippen molar-refractivity contribution >= 4 is 17.9 Å². The largest absolute Gasteiger partial charge is 0.462 e. The van der Waals surface area contributed by atoms with E-state index >= 15 is 0 Å². The van der Waals surface area contributed by atoms with Gasteiger partial charge in [-0.2, -0.15) is 0 Å². The molecule has 0 unspecified atom stereocenters. The zero-order chi connectivity index (χ0) is 47.2. The summed E-state index contributed by atoms with van der Waals surface area (Å²) in [6, 6.07) is 0. The summed E-state index contributed by atoms with van der Waals surface area (Å²) < 4.78 is 16.7. The number of esters is 3. The minimum absolute atomic E-state index is 0.108. The van der Waals surface area contributed by atoms with Gasteiger partial charge in [-0.3, -0.25) is 14.4 Å². The van der Waals surface area contributed by atoms with Crippen molar-refractivity contribution in [2.24, 2.45) is 0 Å². The summed E-state index contributed by atoms with van der Waals surface area (Å²) in [7, 11) is 0. The molecular weight excluding hydrogens is 805 g/mol. The van der Waals surface area contributed by atoms with Gasteiger partial charge in [0.15, 0.2) is 6.10 Å². The first-order valence-electron chi connectivity index (χ1n) is 27.1. The van der Waals surface area contributed by atoms with Crippen LogP contribution in [0.1, 0.15) is 252 Å². The van der Waals surface area contributed by atoms with Crippen molar-refractivity contribution in [2.45, 2.75) is 258 Å². The molecule has 0 spiro atoms. The number of rotatable bonds is 48. The fraction of sp³-hybridized carbons (Fsp3) is 0.712. The normalized spacial score (nSPS) is 12.7. The van der Waals surface area contributed by atoms with Crippen LogP contribution in [0.15, 0.2) is 85.1 Å². The fourth-order valence-electron chi connectivity index (χ4n) is 7.22. The smallest absolute Gasteiger partial charge is 0.306 e. The quantitative estimate of drug-likeness (QED) is 0.0262. The lowest BCUT2D eigenvalue weighted by Gasteiger charge is -2.18. The predicted octanol–water partition coefficient (Wildman–Crippen LogP) is 18.0. The van der Waals surface area contributed by atoms with Crippen molar-refractivity contribution in [1.82, 2.24) is 0 Å². The van der Waals surface area contributed by atoms with Crippen molar-refractivity contribution in [3.05, 3.63) is 85.1 Å². The Labute approximate surface area is 401 Å². The van der Waals surface area contributed by atoms with Crippen LogP contribution in [0.3, 0.4) is 0 Å². The highest BCUT2D eigenvalue weighted by molar-refractivity contribution is 5.71. The second-order valence-electron chi connectivity index (χ2n) is 17.8. The van der Waals surface area contributed by atoms with Gasteiger partial charge in [0.05, 0.1) is 0 Å². The summed E-state index contributed by atoms with van der Waals surface area (Å²) in [6.07, 6.45) is 68.5. The van der Waals surface area contributed by atoms with E-state index < -0.39 is 6.10 Å². The average Bonchev–Trinajstić information content (AvgIpc) is 3.30. The summed E-state index contributed by atoms with van der Waals surface area (Å²) in [5.74, 6) is -0.989. The first-order valence-corrected chi connectivity index (χ1v) is 27.1. The Balaban J connectivity index is 4.50. The number of hydrogen-bond acceptors (Lipinski definition) is 6. The molecule has 0 aromatic heterocycles. The lowest BCUT2D eigenvalue weighted by Crippen LogP contribution is -2.30. The third kappa shape index (κ3) is 51.4. The van der Waals surface area contributed by atoms with Crippen molar-refractivity contribution in [1.29, 1.82) is 0 Å². The summed E-state index contributed by atoms with van der Waals surface area (Å²) in [4.78, 5) is 38.0. The van der Waals surface area contributed by atoms with Gasteiger partial charge in [0.1, 0.15) is 13.2 Å². The number of hydrogen-bond donors (Lipinski definition) is 0. The first kappa shape index (κ1) is 61.6. The predicted molar refractivity (Wildman–Crippen MR) is 279 cm³/mol. The molecule has 0 fully saturated rings. The molecule has 0 saturated carbocycles. The molecule has 0 radical (unpaired) electrons. The second-order valence-corrected chi connectivity index (χ2v) is 17.8. The lowest BCUT2D eigenvalue weighted by atomic mass is 10.1. The van der Waals surface area contributed by atoms with Gasteiger partial charge in [0, 0.05) is 19.3 Å². The molecule has 0 amide bonds. The molecule has 0 aromatic rings. The topological polar surface area (TPSA) is 78.9 Å². The summed E-state index contributed by atoms with van der Waals surface area (Å²) in [5, 5.41) is 0. The van der Waals surface area contributed by atoms with Crippen LogP contribution >= 0.6 is 0 Å². The van der Waals surface area contributed by atoms with E-state index in [1.54, 1.807) is 0 Å². The summed E-state index contributed by atoms with van der Waals surface area (Å²) >= 11 is 0. The van der Waals surface area contributed by atoms with Crippen LogP contribution in [-0.4, -0.2) is 37.2 Å². The molecule has 0 N–H and O–H groups in total. The summed E-state index contributed by atoms with van der Waals surface area (Å²) in [5.41, 5.74) is 0. The first-order chi connectivity index (χ1) is 32.0. The van der Waals surface area contributed by atoms with Gasteiger partial charge >= 0.3 is 17.9 Å². The molecule has 6 nitrogen and oxygen atoms in total. The van der Waals surface area contributed by atoms with Crippen LogP contribution in [-0.2, 0) is 28.6 Å². The maximum absolute atomic E-state index is 12.8. The van der Waals surface area contributed by atoms with Gasteiger partial charge in [0.25, 0.3) is 0 Å². The third-order valence-corrected chi connectivity index (χ3v) is 11.3. The zero-order valence-corrected chi connectivity index (χ0v) is 42.5. The number of ether oxygens (including phenoxy) is 3. The Kier molecular flexibility index (Phi) is 50.4. The van der Waals surface area contributed by atoms with Crippen LogP contribution in [0.5, 0.6) is 0 Å². The van der Waals surface area contributed by atoms with E-state index in [-0.39, 0.29) is 37.5 Å². The lowest BCUT2D eigenvalue weighted by molar-refractivity contribution is -0.167. The van der Waals surface area contributed by atoms with Crippen LogP contribution in [0.2, 0.25) is 0 Å². The van der Waals surface area contributed by atoms with Gasteiger partial charge in [-0.15, -0.1) is 0 Å². The van der Waals surface area contributed by atoms with Gasteiger partial charge in [-0.25, -0.2) is 0 Å². The SMILES string of the molecule is CCCCC/C=C\C/C=C\C/C=C\CCCCCCC(=O)OC[C@H](COC(=O)CCC/C=C\C/C=C\C/C=C\CCCCCCCC)OC(=O)CCCCCCC/C=C\CCCCCC. The van der Waals surface area contributed by atoms with Crippen molar-refractivity contribution in [3.63, 3.8) is 0 Å². The van der Waals surface area contributed by atoms with E-state index in [9.17, 15) is 14.4 Å². The molecule has 0 bridgehead atoms. The van der Waals surface area contributed by atoms with E-state index in [0.29, 0.717) is 19.3 Å². The van der Waals surface area contributed by atoms with E-state index in [1.165, 1.54) is 109 Å². The number of unbranched alkanes of at least 4 members (excludes halogenated alkanes) is 23. The van der Waals surface area contributed by atoms with Crippen molar-refractivity contribution in [2.75, 3.05) is 13.2 Å². The molecule has 6 heteroatoms. The Hall–Kier alpha value is -3.41. The highest BCUT2D eigenvalue weighted by Gasteiger charge is 2.19. The maximum atomic E-state index is 12.8. The number of allylic oxidation sites excluding steroid dienone is 14. The third-order valence-electron chi connectivity index (χ3n) is 11.3. The van der Waals surface area contributed by atoms with Gasteiger partial charge in [-0.05, 0) is 116 Å². The average molecular weight is 905 g/mol. The molecule has 0 aliphatic carbocycles. The Morgan fingerprint density at radius 2 is 0.569 bits per heavy atom. The highest BCUT2D eigenvalue weighted by atomic mass is 16.6. The van der Waals surface area contributed by atoms with E-state index in [1.807, 2.05) is 0 Å². The molecule has 0 aliphatic heterocycles. The maximum Gasteiger partial charge on any atom is 0.306 e. The number of carbonyl (C=O) groups is 3. The van der Waals surface area contributed by atoms with Gasteiger partial charge in [-0.1, -0.05) is 202 Å². The molecule has 0 heterocycles. The highest BCUT2D eigenvalue weighted by Crippen LogP contribution is 2.13. The Morgan fingerprint density at radius 3 is 0.985 bits per heavy atom. The minimum atomic E-state index is -0.810. The van der Waals surface area contributed by atoms with Gasteiger partial charge < -0.3 is 14.2 Å². The van der Waals surface area contributed by atoms with Crippen LogP contribution in [0, 0.1) is 0 Å². The zero-order valence-electron chi connectivity index (χ0n) is 42.5. The van der Waals surface area contributed by atoms with E-state index in [0.717, 1.165) is 96.3 Å². The molecule has 0 aliphatic rings. The standard InChI is InChI=1S/C59H100O6/c1-4-7-10-13-16-19-22-25-27-29-31-34-36-39-42-45-48-51-57(60)63-54-56(65-59(62)53-50-47-44-41-38-33-24-21-18-15-12-9-6-3)55-64-58(61)52-49-46-43-40-37-35-32-30-28-26-23-20-17-14-11-8-5-2/h16,19,21,24-28,31-32,34-35,40,43,56H,4-15,17-18,20,22-23,29-30,33,36-39,41-42,44-55H2,1-3H3/b19-16-,24-21-,27-25-,28-26-,34-31-,35-32-,43-40-/t56-/m1/s1. The molecule has 1 atom stereocenters. The van der Waals surface area contributed by atoms with E-state index in [2.05, 4.69) is 106 Å². The van der Waals surface area contributed by atoms with Crippen molar-refractivity contribution in [3.8, 4) is 0 Å². The molecule has 372 valence electrons. The fourth-order valence-corrected chi connectivity index (χ4v) is 7.22. The van der Waals surface area contributed by atoms with Crippen LogP contribution < -0.4 is 0 Å². The Bertz CT molecular complexity index is 1270. The molecule has 65 heavy (non-hydrogen) atoms. The monoisotopic (exact) mass is 905 g/mol. The van der Waals surface area contributed by atoms with Crippen molar-refractivity contribution < 1.29 is 28.6 Å². The summed E-state index contributed by atoms with van der Waals surface area (Å²) in [6.45, 7) is 6.52. The minimum Gasteiger partial charge on any atom is -0.462 e. The van der Waals surface area contributed by atoms with E-state index in [4.69, 9.17) is 14.2 Å².